The number of rotatable bonds is 9. The number of hydrogen-bond donors (Lipinski definition) is 1. The van der Waals surface area contributed by atoms with E-state index in [1.54, 1.807) is 0 Å². The summed E-state index contributed by atoms with van der Waals surface area (Å²) in [5.41, 5.74) is 6.59. The van der Waals surface area contributed by atoms with Crippen LogP contribution in [0.2, 0.25) is 0 Å². The van der Waals surface area contributed by atoms with E-state index in [2.05, 4.69) is 60.4 Å². The van der Waals surface area contributed by atoms with Gasteiger partial charge in [0.15, 0.2) is 5.69 Å². The molecule has 2 heterocycles. The van der Waals surface area contributed by atoms with Crippen molar-refractivity contribution in [1.82, 2.24) is 20.6 Å². The summed E-state index contributed by atoms with van der Waals surface area (Å²) in [7, 11) is 0. The average molecular weight is 467 g/mol. The number of carbonyl (C=O) groups excluding carboxylic acids is 1. The Kier molecular flexibility index (Phi) is 7.16. The van der Waals surface area contributed by atoms with E-state index in [0.717, 1.165) is 55.5 Å². The predicted molar refractivity (Wildman–Crippen MR) is 128 cm³/mol. The van der Waals surface area contributed by atoms with Crippen molar-refractivity contribution in [2.45, 2.75) is 66.7 Å². The number of esters is 1. The maximum Gasteiger partial charge on any atom is 0.319 e. The van der Waals surface area contributed by atoms with Crippen molar-refractivity contribution in [2.75, 3.05) is 19.7 Å². The highest BCUT2D eigenvalue weighted by Gasteiger charge is 2.32. The fourth-order valence-corrected chi connectivity index (χ4v) is 4.64. The Morgan fingerprint density at radius 1 is 1.18 bits per heavy atom. The van der Waals surface area contributed by atoms with Crippen LogP contribution in [0.5, 0.6) is 0 Å². The highest BCUT2D eigenvalue weighted by Crippen LogP contribution is 2.39. The molecule has 3 aromatic rings. The number of nitrogens with one attached hydrogen (secondary N) is 1. The molecular weight excluding hydrogens is 432 g/mol. The van der Waals surface area contributed by atoms with Crippen molar-refractivity contribution in [3.63, 3.8) is 0 Å². The number of fused-ring (bicyclic) bond motifs is 1. The van der Waals surface area contributed by atoms with Gasteiger partial charge in [0.05, 0.1) is 13.2 Å². The molecule has 0 saturated heterocycles. The molecule has 2 aromatic heterocycles. The predicted octanol–water partition coefficient (Wildman–Crippen LogP) is 4.61. The topological polar surface area (TPSA) is 103 Å². The van der Waals surface area contributed by atoms with Crippen LogP contribution in [0.1, 0.15) is 61.6 Å². The molecule has 0 aliphatic heterocycles. The van der Waals surface area contributed by atoms with Gasteiger partial charge in [-0.2, -0.15) is 4.98 Å². The molecule has 0 saturated carbocycles. The molecule has 1 aliphatic rings. The second-order valence-corrected chi connectivity index (χ2v) is 9.87. The average Bonchev–Trinajstić information content (AvgIpc) is 3.41. The minimum absolute atomic E-state index is 0.214. The molecule has 0 atom stereocenters. The number of ether oxygens (including phenoxy) is 1. The third-order valence-corrected chi connectivity index (χ3v) is 6.50. The highest BCUT2D eigenvalue weighted by atomic mass is 16.5. The fraction of sp³-hybridized carbons (Fsp3) is 0.538. The Morgan fingerprint density at radius 3 is 2.68 bits per heavy atom. The minimum atomic E-state index is -0.214. The Hall–Kier alpha value is -3.00. The van der Waals surface area contributed by atoms with Crippen LogP contribution in [0, 0.1) is 19.3 Å². The Morgan fingerprint density at radius 2 is 1.94 bits per heavy atom. The molecule has 1 aromatic carbocycles. The molecule has 182 valence electrons. The third-order valence-electron chi connectivity index (χ3n) is 6.50. The van der Waals surface area contributed by atoms with E-state index in [1.807, 2.05) is 6.92 Å². The van der Waals surface area contributed by atoms with E-state index >= 15 is 0 Å². The molecule has 0 spiro atoms. The zero-order valence-electron chi connectivity index (χ0n) is 20.8. The van der Waals surface area contributed by atoms with Gasteiger partial charge < -0.3 is 19.1 Å². The molecule has 1 aliphatic carbocycles. The first kappa shape index (κ1) is 24.1. The second kappa shape index (κ2) is 10.1. The van der Waals surface area contributed by atoms with E-state index in [-0.39, 0.29) is 17.9 Å². The van der Waals surface area contributed by atoms with E-state index in [9.17, 15) is 4.79 Å². The third kappa shape index (κ3) is 5.38. The van der Waals surface area contributed by atoms with Crippen LogP contribution >= 0.6 is 0 Å². The van der Waals surface area contributed by atoms with Crippen LogP contribution in [-0.4, -0.2) is 41.0 Å². The van der Waals surface area contributed by atoms with Gasteiger partial charge in [-0.15, -0.1) is 0 Å². The van der Waals surface area contributed by atoms with E-state index in [4.69, 9.17) is 13.8 Å². The zero-order valence-corrected chi connectivity index (χ0v) is 20.8. The van der Waals surface area contributed by atoms with Crippen molar-refractivity contribution < 1.29 is 18.6 Å². The summed E-state index contributed by atoms with van der Waals surface area (Å²) in [5.74, 6) is 1.68. The quantitative estimate of drug-likeness (QED) is 0.360. The normalized spacial score (nSPS) is 14.7. The summed E-state index contributed by atoms with van der Waals surface area (Å²) in [6.07, 6.45) is 4.70. The number of hydrogen-bond acceptors (Lipinski definition) is 8. The van der Waals surface area contributed by atoms with Gasteiger partial charge in [-0.3, -0.25) is 4.79 Å². The summed E-state index contributed by atoms with van der Waals surface area (Å²) in [5, 5.41) is 11.6. The summed E-state index contributed by atoms with van der Waals surface area (Å²) >= 11 is 0. The largest absolute Gasteiger partial charge is 0.465 e. The van der Waals surface area contributed by atoms with Crippen LogP contribution in [-0.2, 0) is 28.8 Å². The first-order valence-electron chi connectivity index (χ1n) is 12.1. The SMILES string of the molecule is CCOC(=O)CNCCCc1c(C)cc(-c2noc(-c3noc4c3CCC(C)(C)C4)n2)cc1C. The van der Waals surface area contributed by atoms with Crippen LogP contribution < -0.4 is 5.32 Å². The van der Waals surface area contributed by atoms with Crippen molar-refractivity contribution >= 4 is 5.97 Å². The Labute approximate surface area is 200 Å². The molecule has 8 nitrogen and oxygen atoms in total. The van der Waals surface area contributed by atoms with Crippen molar-refractivity contribution in [3.05, 3.63) is 40.1 Å². The smallest absolute Gasteiger partial charge is 0.319 e. The van der Waals surface area contributed by atoms with Gasteiger partial charge in [0.1, 0.15) is 5.76 Å². The zero-order chi connectivity index (χ0) is 24.3. The van der Waals surface area contributed by atoms with Crippen LogP contribution in [0.3, 0.4) is 0 Å². The number of benzene rings is 1. The molecule has 8 heteroatoms. The molecule has 34 heavy (non-hydrogen) atoms. The maximum atomic E-state index is 11.4. The number of nitrogens with zero attached hydrogens (tertiary/aromatic N) is 3. The Bertz CT molecular complexity index is 1140. The first-order chi connectivity index (χ1) is 16.3. The van der Waals surface area contributed by atoms with Gasteiger partial charge in [-0.25, -0.2) is 0 Å². The standard InChI is InChI=1S/C26H34N4O4/c1-6-32-22(31)15-27-11-7-8-19-16(2)12-18(13-17(19)3)24-28-25(34-30-24)23-20-9-10-26(4,5)14-21(20)33-29-23/h12-13,27H,6-11,14-15H2,1-5H3. The lowest BCUT2D eigenvalue weighted by Crippen LogP contribution is -2.25. The first-order valence-corrected chi connectivity index (χ1v) is 12.1. The van der Waals surface area contributed by atoms with Crippen molar-refractivity contribution in [1.29, 1.82) is 0 Å². The molecular formula is C26H34N4O4. The van der Waals surface area contributed by atoms with Gasteiger partial charge in [0, 0.05) is 17.5 Å². The summed E-state index contributed by atoms with van der Waals surface area (Å²) in [4.78, 5) is 16.1. The van der Waals surface area contributed by atoms with Crippen LogP contribution in [0.4, 0.5) is 0 Å². The number of aryl methyl sites for hydroxylation is 2. The van der Waals surface area contributed by atoms with Crippen LogP contribution in [0.25, 0.3) is 23.0 Å². The number of aromatic nitrogens is 3. The molecule has 1 N–H and O–H groups in total. The lowest BCUT2D eigenvalue weighted by Gasteiger charge is -2.27. The van der Waals surface area contributed by atoms with Gasteiger partial charge in [-0.1, -0.05) is 24.2 Å². The minimum Gasteiger partial charge on any atom is -0.465 e. The monoisotopic (exact) mass is 466 g/mol. The van der Waals surface area contributed by atoms with Crippen LogP contribution in [0.15, 0.2) is 21.2 Å². The fourth-order valence-electron chi connectivity index (χ4n) is 4.64. The molecule has 4 rings (SSSR count). The molecule has 0 amide bonds. The van der Waals surface area contributed by atoms with E-state index in [0.29, 0.717) is 24.0 Å². The van der Waals surface area contributed by atoms with Gasteiger partial charge in [-0.05, 0) is 87.2 Å². The Balaban J connectivity index is 1.42. The van der Waals surface area contributed by atoms with Crippen molar-refractivity contribution in [2.24, 2.45) is 5.41 Å². The summed E-state index contributed by atoms with van der Waals surface area (Å²) in [6.45, 7) is 11.9. The molecule has 0 bridgehead atoms. The second-order valence-electron chi connectivity index (χ2n) is 9.87. The lowest BCUT2D eigenvalue weighted by molar-refractivity contribution is -0.141. The van der Waals surface area contributed by atoms with E-state index < -0.39 is 0 Å². The van der Waals surface area contributed by atoms with Gasteiger partial charge in [0.25, 0.3) is 5.89 Å². The summed E-state index contributed by atoms with van der Waals surface area (Å²) < 4.78 is 16.1. The van der Waals surface area contributed by atoms with Gasteiger partial charge in [0.2, 0.25) is 5.82 Å². The molecule has 0 unspecified atom stereocenters. The maximum absolute atomic E-state index is 11.4. The molecule has 0 fully saturated rings. The molecule has 0 radical (unpaired) electrons. The number of carbonyl (C=O) groups is 1. The lowest BCUT2D eigenvalue weighted by atomic mass is 9.77. The van der Waals surface area contributed by atoms with Gasteiger partial charge >= 0.3 is 5.97 Å². The van der Waals surface area contributed by atoms with Crippen molar-refractivity contribution in [3.8, 4) is 23.0 Å². The highest BCUT2D eigenvalue weighted by molar-refractivity contribution is 5.71. The summed E-state index contributed by atoms with van der Waals surface area (Å²) in [6, 6.07) is 4.20. The van der Waals surface area contributed by atoms with E-state index in [1.165, 1.54) is 16.7 Å².